The van der Waals surface area contributed by atoms with Crippen LogP contribution in [0.25, 0.3) is 0 Å². The van der Waals surface area contributed by atoms with Crippen molar-refractivity contribution in [3.05, 3.63) is 34.9 Å². The second kappa shape index (κ2) is 7.14. The summed E-state index contributed by atoms with van der Waals surface area (Å²) in [6.45, 7) is 4.42. The molecule has 0 radical (unpaired) electrons. The van der Waals surface area contributed by atoms with E-state index in [9.17, 15) is 9.59 Å². The standard InChI is InChI=1S/C14H17ClO4/c1-9(18-10(2)16)8-14(19-11(3)17)12-6-4-5-7-13(12)15/h4-7,9,14H,8H2,1-3H3/t9-,14+/m1/s1. The molecule has 1 rings (SSSR count). The Kier molecular flexibility index (Phi) is 5.83. The van der Waals surface area contributed by atoms with E-state index in [0.29, 0.717) is 17.0 Å². The van der Waals surface area contributed by atoms with Crippen LogP contribution in [-0.2, 0) is 19.1 Å². The monoisotopic (exact) mass is 284 g/mol. The van der Waals surface area contributed by atoms with E-state index >= 15 is 0 Å². The molecule has 0 aliphatic carbocycles. The third-order valence-electron chi connectivity index (χ3n) is 2.47. The molecule has 0 N–H and O–H groups in total. The lowest BCUT2D eigenvalue weighted by molar-refractivity contribution is -0.152. The predicted molar refractivity (Wildman–Crippen MR) is 71.8 cm³/mol. The number of carbonyl (C=O) groups is 2. The van der Waals surface area contributed by atoms with E-state index in [1.165, 1.54) is 13.8 Å². The van der Waals surface area contributed by atoms with Crippen LogP contribution in [0.15, 0.2) is 24.3 Å². The minimum absolute atomic E-state index is 0.363. The summed E-state index contributed by atoms with van der Waals surface area (Å²) in [6, 6.07) is 7.13. The van der Waals surface area contributed by atoms with Crippen molar-refractivity contribution in [3.8, 4) is 0 Å². The first kappa shape index (κ1) is 15.5. The second-order valence-corrected chi connectivity index (χ2v) is 4.68. The minimum Gasteiger partial charge on any atom is -0.463 e. The van der Waals surface area contributed by atoms with Crippen molar-refractivity contribution in [2.24, 2.45) is 0 Å². The fourth-order valence-corrected chi connectivity index (χ4v) is 2.07. The van der Waals surface area contributed by atoms with Gasteiger partial charge in [-0.25, -0.2) is 0 Å². The molecule has 0 aliphatic heterocycles. The summed E-state index contributed by atoms with van der Waals surface area (Å²) in [5, 5.41) is 0.517. The van der Waals surface area contributed by atoms with E-state index in [1.54, 1.807) is 25.1 Å². The van der Waals surface area contributed by atoms with Gasteiger partial charge in [0.2, 0.25) is 0 Å². The molecule has 0 bridgehead atoms. The third kappa shape index (κ3) is 5.30. The number of ether oxygens (including phenoxy) is 2. The van der Waals surface area contributed by atoms with Gasteiger partial charge in [-0.05, 0) is 13.0 Å². The number of carbonyl (C=O) groups excluding carboxylic acids is 2. The van der Waals surface area contributed by atoms with Crippen molar-refractivity contribution in [2.75, 3.05) is 0 Å². The highest BCUT2D eigenvalue weighted by Gasteiger charge is 2.21. The van der Waals surface area contributed by atoms with Crippen LogP contribution in [0.2, 0.25) is 5.02 Å². The summed E-state index contributed by atoms with van der Waals surface area (Å²) in [7, 11) is 0. The molecule has 0 saturated carbocycles. The molecule has 0 aromatic heterocycles. The normalized spacial score (nSPS) is 13.5. The van der Waals surface area contributed by atoms with Crippen LogP contribution in [0, 0.1) is 0 Å². The Balaban J connectivity index is 2.86. The average molecular weight is 285 g/mol. The Bertz CT molecular complexity index is 459. The van der Waals surface area contributed by atoms with Gasteiger partial charge < -0.3 is 9.47 Å². The van der Waals surface area contributed by atoms with Gasteiger partial charge in [-0.3, -0.25) is 9.59 Å². The van der Waals surface area contributed by atoms with Crippen molar-refractivity contribution < 1.29 is 19.1 Å². The number of halogens is 1. The van der Waals surface area contributed by atoms with Crippen LogP contribution in [-0.4, -0.2) is 18.0 Å². The fraction of sp³-hybridized carbons (Fsp3) is 0.429. The van der Waals surface area contributed by atoms with Gasteiger partial charge in [0.25, 0.3) is 0 Å². The summed E-state index contributed by atoms with van der Waals surface area (Å²) >= 11 is 6.09. The van der Waals surface area contributed by atoms with Gasteiger partial charge in [-0.2, -0.15) is 0 Å². The van der Waals surface area contributed by atoms with Crippen molar-refractivity contribution >= 4 is 23.5 Å². The smallest absolute Gasteiger partial charge is 0.303 e. The summed E-state index contributed by atoms with van der Waals surface area (Å²) in [5.74, 6) is -0.770. The van der Waals surface area contributed by atoms with Gasteiger partial charge in [-0.15, -0.1) is 0 Å². The SMILES string of the molecule is CC(=O)O[C@H](C)C[C@H](OC(C)=O)c1ccccc1Cl. The molecule has 1 aromatic rings. The van der Waals surface area contributed by atoms with Gasteiger partial charge in [0.05, 0.1) is 0 Å². The third-order valence-corrected chi connectivity index (χ3v) is 2.82. The molecule has 0 unspecified atom stereocenters. The quantitative estimate of drug-likeness (QED) is 0.779. The summed E-state index contributed by atoms with van der Waals surface area (Å²) in [6.07, 6.45) is -0.526. The number of hydrogen-bond acceptors (Lipinski definition) is 4. The maximum atomic E-state index is 11.2. The van der Waals surface area contributed by atoms with Crippen molar-refractivity contribution in [1.82, 2.24) is 0 Å². The molecular weight excluding hydrogens is 268 g/mol. The van der Waals surface area contributed by atoms with Gasteiger partial charge in [-0.1, -0.05) is 29.8 Å². The largest absolute Gasteiger partial charge is 0.463 e. The van der Waals surface area contributed by atoms with E-state index < -0.39 is 12.1 Å². The average Bonchev–Trinajstić information content (AvgIpc) is 2.26. The number of esters is 2. The summed E-state index contributed by atoms with van der Waals surface area (Å²) in [5.41, 5.74) is 0.707. The first-order valence-electron chi connectivity index (χ1n) is 5.99. The molecular formula is C14H17ClO4. The van der Waals surface area contributed by atoms with E-state index in [-0.39, 0.29) is 12.1 Å². The zero-order valence-electron chi connectivity index (χ0n) is 11.2. The molecule has 19 heavy (non-hydrogen) atoms. The molecule has 104 valence electrons. The lowest BCUT2D eigenvalue weighted by atomic mass is 10.0. The van der Waals surface area contributed by atoms with E-state index in [2.05, 4.69) is 0 Å². The van der Waals surface area contributed by atoms with Gasteiger partial charge in [0.1, 0.15) is 12.2 Å². The molecule has 0 heterocycles. The Morgan fingerprint density at radius 2 is 1.74 bits per heavy atom. The number of benzene rings is 1. The minimum atomic E-state index is -0.527. The Labute approximate surface area is 117 Å². The molecule has 0 aliphatic rings. The molecule has 1 aromatic carbocycles. The molecule has 4 nitrogen and oxygen atoms in total. The zero-order chi connectivity index (χ0) is 14.4. The Morgan fingerprint density at radius 1 is 1.16 bits per heavy atom. The number of rotatable bonds is 5. The molecule has 2 atom stereocenters. The summed E-state index contributed by atoms with van der Waals surface area (Å²) < 4.78 is 10.3. The maximum absolute atomic E-state index is 11.2. The highest BCUT2D eigenvalue weighted by Crippen LogP contribution is 2.29. The van der Waals surface area contributed by atoms with Gasteiger partial charge >= 0.3 is 11.9 Å². The van der Waals surface area contributed by atoms with Crippen LogP contribution < -0.4 is 0 Å². The Hall–Kier alpha value is -1.55. The number of hydrogen-bond donors (Lipinski definition) is 0. The van der Waals surface area contributed by atoms with Crippen LogP contribution >= 0.6 is 11.6 Å². The molecule has 0 spiro atoms. The molecule has 0 fully saturated rings. The fourth-order valence-electron chi connectivity index (χ4n) is 1.81. The highest BCUT2D eigenvalue weighted by molar-refractivity contribution is 6.31. The van der Waals surface area contributed by atoms with Crippen molar-refractivity contribution in [1.29, 1.82) is 0 Å². The Morgan fingerprint density at radius 3 is 2.26 bits per heavy atom. The lowest BCUT2D eigenvalue weighted by Crippen LogP contribution is -2.19. The summed E-state index contributed by atoms with van der Waals surface area (Å²) in [4.78, 5) is 22.1. The van der Waals surface area contributed by atoms with E-state index in [4.69, 9.17) is 21.1 Å². The topological polar surface area (TPSA) is 52.6 Å². The zero-order valence-corrected chi connectivity index (χ0v) is 11.9. The van der Waals surface area contributed by atoms with Crippen LogP contribution in [0.4, 0.5) is 0 Å². The van der Waals surface area contributed by atoms with Crippen LogP contribution in [0.1, 0.15) is 38.9 Å². The second-order valence-electron chi connectivity index (χ2n) is 4.28. The van der Waals surface area contributed by atoms with Gasteiger partial charge in [0.15, 0.2) is 0 Å². The van der Waals surface area contributed by atoms with Crippen LogP contribution in [0.3, 0.4) is 0 Å². The molecule has 0 amide bonds. The van der Waals surface area contributed by atoms with E-state index in [1.807, 2.05) is 6.07 Å². The molecule has 5 heteroatoms. The predicted octanol–water partition coefficient (Wildman–Crippen LogP) is 3.29. The molecule has 0 saturated heterocycles. The van der Waals surface area contributed by atoms with Crippen molar-refractivity contribution in [2.45, 2.75) is 39.4 Å². The first-order valence-corrected chi connectivity index (χ1v) is 6.36. The van der Waals surface area contributed by atoms with Gasteiger partial charge in [0, 0.05) is 30.9 Å². The first-order chi connectivity index (χ1) is 8.90. The van der Waals surface area contributed by atoms with E-state index in [0.717, 1.165) is 0 Å². The highest BCUT2D eigenvalue weighted by atomic mass is 35.5. The van der Waals surface area contributed by atoms with Crippen LogP contribution in [0.5, 0.6) is 0 Å². The lowest BCUT2D eigenvalue weighted by Gasteiger charge is -2.22. The maximum Gasteiger partial charge on any atom is 0.303 e. The van der Waals surface area contributed by atoms with Crippen molar-refractivity contribution in [3.63, 3.8) is 0 Å².